The number of hydroxylamine groups is 1. The van der Waals surface area contributed by atoms with Gasteiger partial charge in [-0.05, 0) is 0 Å². The Morgan fingerprint density at radius 3 is 2.69 bits per heavy atom. The van der Waals surface area contributed by atoms with E-state index < -0.39 is 18.8 Å². The molecule has 7 nitrogen and oxygen atoms in total. The summed E-state index contributed by atoms with van der Waals surface area (Å²) in [6.45, 7) is -0.593. The number of ether oxygens (including phenoxy) is 1. The van der Waals surface area contributed by atoms with Crippen LogP contribution < -0.4 is 11.2 Å². The van der Waals surface area contributed by atoms with Gasteiger partial charge < -0.3 is 15.6 Å². The minimum Gasteiger partial charge on any atom is -0.437 e. The largest absolute Gasteiger partial charge is 0.437 e. The summed E-state index contributed by atoms with van der Waals surface area (Å²) in [6.07, 6.45) is -2.29. The smallest absolute Gasteiger partial charge is 0.405 e. The summed E-state index contributed by atoms with van der Waals surface area (Å²) in [5.74, 6) is 1.40. The predicted molar refractivity (Wildman–Crippen MR) is 40.9 cm³/mol. The standard InChI is InChI=1S/C6H10N2O5/c1-12-8-4(2-9)5(3-10)13-6(7)11/h5,8,10H,3H2,1H3,(H2,7,11). The molecule has 0 rings (SSSR count). The van der Waals surface area contributed by atoms with Gasteiger partial charge in [0, 0.05) is 0 Å². The van der Waals surface area contributed by atoms with E-state index in [1.165, 1.54) is 13.1 Å². The van der Waals surface area contributed by atoms with Gasteiger partial charge in [-0.3, -0.25) is 10.3 Å². The summed E-state index contributed by atoms with van der Waals surface area (Å²) in [7, 11) is 1.25. The van der Waals surface area contributed by atoms with Gasteiger partial charge >= 0.3 is 6.09 Å². The number of carbonyl (C=O) groups excluding carboxylic acids is 2. The molecule has 13 heavy (non-hydrogen) atoms. The summed E-state index contributed by atoms with van der Waals surface area (Å²) in [6, 6.07) is 0. The van der Waals surface area contributed by atoms with Crippen LogP contribution in [-0.2, 0) is 14.4 Å². The van der Waals surface area contributed by atoms with Gasteiger partial charge in [-0.15, -0.1) is 0 Å². The van der Waals surface area contributed by atoms with Crippen LogP contribution in [0.4, 0.5) is 4.79 Å². The summed E-state index contributed by atoms with van der Waals surface area (Å²) in [4.78, 5) is 24.9. The Morgan fingerprint density at radius 1 is 1.77 bits per heavy atom. The molecule has 0 heterocycles. The van der Waals surface area contributed by atoms with Gasteiger partial charge in [-0.1, -0.05) is 0 Å². The first-order chi connectivity index (χ1) is 6.15. The average molecular weight is 190 g/mol. The van der Waals surface area contributed by atoms with Crippen molar-refractivity contribution in [3.63, 3.8) is 0 Å². The van der Waals surface area contributed by atoms with Crippen LogP contribution >= 0.6 is 0 Å². The molecule has 0 aliphatic rings. The highest BCUT2D eigenvalue weighted by Gasteiger charge is 2.18. The predicted octanol–water partition coefficient (Wildman–Crippen LogP) is -1.69. The van der Waals surface area contributed by atoms with Crippen LogP contribution in [0, 0.1) is 0 Å². The number of carbonyl (C=O) groups is 1. The van der Waals surface area contributed by atoms with Crippen molar-refractivity contribution in [1.29, 1.82) is 0 Å². The first-order valence-corrected chi connectivity index (χ1v) is 3.26. The molecular formula is C6H10N2O5. The van der Waals surface area contributed by atoms with Crippen molar-refractivity contribution >= 4 is 12.0 Å². The SMILES string of the molecule is CONC(=C=O)C(CO)OC(N)=O. The van der Waals surface area contributed by atoms with E-state index in [2.05, 4.69) is 20.8 Å². The van der Waals surface area contributed by atoms with Crippen molar-refractivity contribution in [2.45, 2.75) is 6.10 Å². The van der Waals surface area contributed by atoms with Gasteiger partial charge in [-0.25, -0.2) is 9.59 Å². The first-order valence-electron chi connectivity index (χ1n) is 3.26. The van der Waals surface area contributed by atoms with E-state index in [4.69, 9.17) is 5.11 Å². The number of nitrogens with two attached hydrogens (primary N) is 1. The molecule has 7 heteroatoms. The molecule has 1 amide bonds. The first kappa shape index (κ1) is 11.4. The van der Waals surface area contributed by atoms with E-state index in [9.17, 15) is 9.59 Å². The highest BCUT2D eigenvalue weighted by Crippen LogP contribution is 1.99. The molecule has 1 unspecified atom stereocenters. The summed E-state index contributed by atoms with van der Waals surface area (Å²) >= 11 is 0. The molecule has 74 valence electrons. The topological polar surface area (TPSA) is 111 Å². The molecule has 0 aromatic rings. The Morgan fingerprint density at radius 2 is 2.38 bits per heavy atom. The van der Waals surface area contributed by atoms with Crippen molar-refractivity contribution in [3.8, 4) is 0 Å². The van der Waals surface area contributed by atoms with Gasteiger partial charge in [0.1, 0.15) is 0 Å². The van der Waals surface area contributed by atoms with Gasteiger partial charge in [0.15, 0.2) is 17.7 Å². The molecule has 0 aliphatic carbocycles. The Bertz CT molecular complexity index is 223. The number of hydrogen-bond acceptors (Lipinski definition) is 6. The highest BCUT2D eigenvalue weighted by atomic mass is 16.6. The Balaban J connectivity index is 4.35. The maximum atomic E-state index is 10.3. The maximum Gasteiger partial charge on any atom is 0.405 e. The number of aliphatic hydroxyl groups is 1. The monoisotopic (exact) mass is 190 g/mol. The molecule has 0 bridgehead atoms. The lowest BCUT2D eigenvalue weighted by molar-refractivity contribution is 0.0480. The van der Waals surface area contributed by atoms with E-state index >= 15 is 0 Å². The lowest BCUT2D eigenvalue weighted by Gasteiger charge is -2.14. The van der Waals surface area contributed by atoms with E-state index in [0.717, 1.165) is 0 Å². The van der Waals surface area contributed by atoms with Crippen molar-refractivity contribution < 1.29 is 24.3 Å². The second-order valence-electron chi connectivity index (χ2n) is 1.93. The van der Waals surface area contributed by atoms with Crippen molar-refractivity contribution in [2.24, 2.45) is 5.73 Å². The maximum absolute atomic E-state index is 10.3. The quantitative estimate of drug-likeness (QED) is 0.352. The van der Waals surface area contributed by atoms with Gasteiger partial charge in [0.25, 0.3) is 0 Å². The molecule has 0 aromatic heterocycles. The number of amides is 1. The molecule has 0 saturated heterocycles. The molecular weight excluding hydrogens is 180 g/mol. The fraction of sp³-hybridized carbons (Fsp3) is 0.500. The van der Waals surface area contributed by atoms with Gasteiger partial charge in [0.2, 0.25) is 0 Å². The zero-order chi connectivity index (χ0) is 10.3. The number of nitrogens with one attached hydrogen (secondary N) is 1. The summed E-state index contributed by atoms with van der Waals surface area (Å²) < 4.78 is 4.35. The molecule has 0 fully saturated rings. The lowest BCUT2D eigenvalue weighted by atomic mass is 10.3. The minimum atomic E-state index is -1.19. The van der Waals surface area contributed by atoms with Crippen LogP contribution in [0.25, 0.3) is 0 Å². The van der Waals surface area contributed by atoms with Crippen LogP contribution in [0.1, 0.15) is 0 Å². The Labute approximate surface area is 74.1 Å². The lowest BCUT2D eigenvalue weighted by Crippen LogP contribution is -2.33. The van der Waals surface area contributed by atoms with Crippen LogP contribution in [0.3, 0.4) is 0 Å². The van der Waals surface area contributed by atoms with Crippen LogP contribution in [0.5, 0.6) is 0 Å². The average Bonchev–Trinajstić information content (AvgIpc) is 2.10. The molecule has 0 aliphatic heterocycles. The van der Waals surface area contributed by atoms with Gasteiger partial charge in [-0.2, -0.15) is 0 Å². The third-order valence-corrected chi connectivity index (χ3v) is 1.07. The van der Waals surface area contributed by atoms with Crippen LogP contribution in [0.15, 0.2) is 5.70 Å². The van der Waals surface area contributed by atoms with Crippen molar-refractivity contribution in [3.05, 3.63) is 5.70 Å². The van der Waals surface area contributed by atoms with Crippen LogP contribution in [-0.4, -0.2) is 37.0 Å². The summed E-state index contributed by atoms with van der Waals surface area (Å²) in [5.41, 5.74) is 6.52. The molecule has 0 saturated carbocycles. The minimum absolute atomic E-state index is 0.246. The van der Waals surface area contributed by atoms with Crippen LogP contribution in [0.2, 0.25) is 0 Å². The van der Waals surface area contributed by atoms with E-state index in [1.807, 2.05) is 0 Å². The Hall–Kier alpha value is -1.56. The van der Waals surface area contributed by atoms with Gasteiger partial charge in [0.05, 0.1) is 13.7 Å². The summed E-state index contributed by atoms with van der Waals surface area (Å²) in [5, 5.41) is 8.68. The molecule has 1 atom stereocenters. The molecule has 4 N–H and O–H groups in total. The number of hydrogen-bond donors (Lipinski definition) is 3. The number of rotatable bonds is 5. The molecule has 0 spiro atoms. The number of aliphatic hydroxyl groups excluding tert-OH is 1. The zero-order valence-electron chi connectivity index (χ0n) is 6.94. The fourth-order valence-corrected chi connectivity index (χ4v) is 0.590. The van der Waals surface area contributed by atoms with E-state index in [1.54, 1.807) is 0 Å². The van der Waals surface area contributed by atoms with Crippen molar-refractivity contribution in [1.82, 2.24) is 5.48 Å². The second kappa shape index (κ2) is 6.01. The zero-order valence-corrected chi connectivity index (χ0v) is 6.94. The molecule has 0 aromatic carbocycles. The van der Waals surface area contributed by atoms with E-state index in [-0.39, 0.29) is 5.70 Å². The number of primary amides is 1. The fourth-order valence-electron chi connectivity index (χ4n) is 0.590. The third kappa shape index (κ3) is 4.12. The second-order valence-corrected chi connectivity index (χ2v) is 1.93. The van der Waals surface area contributed by atoms with Crippen molar-refractivity contribution in [2.75, 3.05) is 13.7 Å². The molecule has 0 radical (unpaired) electrons. The normalized spacial score (nSPS) is 11.2. The third-order valence-electron chi connectivity index (χ3n) is 1.07. The Kier molecular flexibility index (Phi) is 5.29. The van der Waals surface area contributed by atoms with E-state index in [0.29, 0.717) is 0 Å². The highest BCUT2D eigenvalue weighted by molar-refractivity contribution is 5.66.